The zero-order valence-electron chi connectivity index (χ0n) is 11.5. The first-order chi connectivity index (χ1) is 9.74. The Bertz CT molecular complexity index is 532. The van der Waals surface area contributed by atoms with Gasteiger partial charge in [0.15, 0.2) is 0 Å². The number of likely N-dealkylation sites (N-methyl/N-ethyl adjacent to an activating group) is 1. The molecule has 0 amide bonds. The molecule has 0 bridgehead atoms. The van der Waals surface area contributed by atoms with Crippen molar-refractivity contribution in [3.05, 3.63) is 58.6 Å². The van der Waals surface area contributed by atoms with Gasteiger partial charge in [-0.15, -0.1) is 0 Å². The lowest BCUT2D eigenvalue weighted by Crippen LogP contribution is -2.33. The zero-order chi connectivity index (χ0) is 14.4. The highest BCUT2D eigenvalue weighted by molar-refractivity contribution is 9.10. The molecule has 1 atom stereocenters. The highest BCUT2D eigenvalue weighted by atomic mass is 79.9. The van der Waals surface area contributed by atoms with E-state index in [1.54, 1.807) is 6.20 Å². The van der Waals surface area contributed by atoms with Crippen LogP contribution in [0.25, 0.3) is 0 Å². The number of rotatable bonds is 6. The molecular weight excluding hydrogens is 316 g/mol. The molecule has 0 radical (unpaired) electrons. The molecule has 0 aliphatic rings. The monoisotopic (exact) mass is 334 g/mol. The molecule has 0 saturated heterocycles. The topological polar surface area (TPSA) is 55.0 Å². The number of nitrogens with zero attached hydrogens (tertiary/aromatic N) is 3. The van der Waals surface area contributed by atoms with Gasteiger partial charge in [0.2, 0.25) is 0 Å². The van der Waals surface area contributed by atoms with E-state index in [2.05, 4.69) is 43.8 Å². The molecule has 0 aromatic carbocycles. The molecule has 20 heavy (non-hydrogen) atoms. The first-order valence-corrected chi connectivity index (χ1v) is 7.47. The van der Waals surface area contributed by atoms with Gasteiger partial charge in [0.1, 0.15) is 0 Å². The third-order valence-corrected chi connectivity index (χ3v) is 3.75. The third-order valence-electron chi connectivity index (χ3n) is 3.32. The number of hydrogen-bond donors (Lipinski definition) is 1. The van der Waals surface area contributed by atoms with Gasteiger partial charge in [0.25, 0.3) is 0 Å². The van der Waals surface area contributed by atoms with Gasteiger partial charge in [-0.25, -0.2) is 0 Å². The van der Waals surface area contributed by atoms with Crippen molar-refractivity contribution in [3.63, 3.8) is 0 Å². The van der Waals surface area contributed by atoms with Crippen LogP contribution in [0.2, 0.25) is 0 Å². The van der Waals surface area contributed by atoms with E-state index in [1.807, 2.05) is 30.7 Å². The number of nitrogens with two attached hydrogens (primary N) is 1. The van der Waals surface area contributed by atoms with Crippen molar-refractivity contribution >= 4 is 15.9 Å². The Hall–Kier alpha value is -1.30. The van der Waals surface area contributed by atoms with E-state index in [0.29, 0.717) is 6.54 Å². The first kappa shape index (κ1) is 15.1. The fourth-order valence-electron chi connectivity index (χ4n) is 2.27. The summed E-state index contributed by atoms with van der Waals surface area (Å²) in [6.45, 7) is 4.50. The Morgan fingerprint density at radius 1 is 1.25 bits per heavy atom. The Morgan fingerprint density at radius 2 is 2.00 bits per heavy atom. The van der Waals surface area contributed by atoms with Crippen molar-refractivity contribution in [3.8, 4) is 0 Å². The Balaban J connectivity index is 2.19. The standard InChI is InChI=1S/C15H19BrN4/c1-2-20(11-12-3-5-18-6-4-12)15(8-17)13-7-14(16)10-19-9-13/h3-7,9-10,15H,2,8,11,17H2,1H3. The smallest absolute Gasteiger partial charge is 0.0489 e. The summed E-state index contributed by atoms with van der Waals surface area (Å²) in [5.74, 6) is 0. The predicted molar refractivity (Wildman–Crippen MR) is 84.1 cm³/mol. The summed E-state index contributed by atoms with van der Waals surface area (Å²) in [5.41, 5.74) is 8.36. The van der Waals surface area contributed by atoms with Crippen LogP contribution in [0.3, 0.4) is 0 Å². The van der Waals surface area contributed by atoms with Gasteiger partial charge in [0.05, 0.1) is 0 Å². The van der Waals surface area contributed by atoms with Crippen LogP contribution in [-0.2, 0) is 6.54 Å². The van der Waals surface area contributed by atoms with Gasteiger partial charge < -0.3 is 5.73 Å². The third kappa shape index (κ3) is 3.85. The molecule has 0 aliphatic carbocycles. The SMILES string of the molecule is CCN(Cc1ccncc1)C(CN)c1cncc(Br)c1. The van der Waals surface area contributed by atoms with Crippen molar-refractivity contribution in [2.24, 2.45) is 5.73 Å². The minimum absolute atomic E-state index is 0.165. The van der Waals surface area contributed by atoms with E-state index in [4.69, 9.17) is 5.73 Å². The fraction of sp³-hybridized carbons (Fsp3) is 0.333. The maximum atomic E-state index is 5.99. The summed E-state index contributed by atoms with van der Waals surface area (Å²) < 4.78 is 0.980. The van der Waals surface area contributed by atoms with Crippen molar-refractivity contribution in [2.75, 3.05) is 13.1 Å². The molecule has 2 aromatic heterocycles. The second-order valence-corrected chi connectivity index (χ2v) is 5.52. The average molecular weight is 335 g/mol. The van der Waals surface area contributed by atoms with Crippen LogP contribution >= 0.6 is 15.9 Å². The molecule has 2 aromatic rings. The van der Waals surface area contributed by atoms with Crippen LogP contribution in [0, 0.1) is 0 Å². The van der Waals surface area contributed by atoms with Crippen LogP contribution in [0.4, 0.5) is 0 Å². The minimum atomic E-state index is 0.165. The van der Waals surface area contributed by atoms with Gasteiger partial charge in [-0.1, -0.05) is 6.92 Å². The lowest BCUT2D eigenvalue weighted by atomic mass is 10.1. The lowest BCUT2D eigenvalue weighted by molar-refractivity contribution is 0.203. The molecule has 106 valence electrons. The van der Waals surface area contributed by atoms with Crippen molar-refractivity contribution < 1.29 is 0 Å². The second-order valence-electron chi connectivity index (χ2n) is 4.61. The number of pyridine rings is 2. The van der Waals surface area contributed by atoms with Gasteiger partial charge in [-0.2, -0.15) is 0 Å². The molecule has 0 spiro atoms. The van der Waals surface area contributed by atoms with Crippen LogP contribution < -0.4 is 5.73 Å². The van der Waals surface area contributed by atoms with Gasteiger partial charge in [-0.05, 0) is 51.8 Å². The quantitative estimate of drug-likeness (QED) is 0.882. The Kier molecular flexibility index (Phi) is 5.64. The number of hydrogen-bond acceptors (Lipinski definition) is 4. The summed E-state index contributed by atoms with van der Waals surface area (Å²) in [7, 11) is 0. The summed E-state index contributed by atoms with van der Waals surface area (Å²) in [4.78, 5) is 10.6. The predicted octanol–water partition coefficient (Wildman–Crippen LogP) is 2.76. The largest absolute Gasteiger partial charge is 0.329 e. The lowest BCUT2D eigenvalue weighted by Gasteiger charge is -2.30. The molecule has 4 nitrogen and oxygen atoms in total. The summed E-state index contributed by atoms with van der Waals surface area (Å²) >= 11 is 3.47. The molecule has 0 fully saturated rings. The van der Waals surface area contributed by atoms with E-state index in [0.717, 1.165) is 23.1 Å². The fourth-order valence-corrected chi connectivity index (χ4v) is 2.65. The zero-order valence-corrected chi connectivity index (χ0v) is 13.1. The van der Waals surface area contributed by atoms with Crippen LogP contribution in [0.5, 0.6) is 0 Å². The molecular formula is C15H19BrN4. The van der Waals surface area contributed by atoms with E-state index >= 15 is 0 Å². The van der Waals surface area contributed by atoms with Crippen molar-refractivity contribution in [1.82, 2.24) is 14.9 Å². The Labute approximate surface area is 128 Å². The van der Waals surface area contributed by atoms with Crippen LogP contribution in [0.1, 0.15) is 24.1 Å². The molecule has 0 saturated carbocycles. The summed E-state index contributed by atoms with van der Waals surface area (Å²) in [6.07, 6.45) is 7.32. The Morgan fingerprint density at radius 3 is 2.60 bits per heavy atom. The minimum Gasteiger partial charge on any atom is -0.329 e. The van der Waals surface area contributed by atoms with Crippen molar-refractivity contribution in [2.45, 2.75) is 19.5 Å². The number of aromatic nitrogens is 2. The van der Waals surface area contributed by atoms with Gasteiger partial charge >= 0.3 is 0 Å². The van der Waals surface area contributed by atoms with E-state index in [-0.39, 0.29) is 6.04 Å². The highest BCUT2D eigenvalue weighted by Gasteiger charge is 2.18. The summed E-state index contributed by atoms with van der Waals surface area (Å²) in [6, 6.07) is 6.32. The van der Waals surface area contributed by atoms with Crippen molar-refractivity contribution in [1.29, 1.82) is 0 Å². The molecule has 0 aliphatic heterocycles. The van der Waals surface area contributed by atoms with E-state index < -0.39 is 0 Å². The summed E-state index contributed by atoms with van der Waals surface area (Å²) in [5, 5.41) is 0. The van der Waals surface area contributed by atoms with Crippen LogP contribution in [-0.4, -0.2) is 28.0 Å². The normalized spacial score (nSPS) is 12.6. The molecule has 2 rings (SSSR count). The van der Waals surface area contributed by atoms with E-state index in [1.165, 1.54) is 5.56 Å². The second kappa shape index (κ2) is 7.47. The maximum absolute atomic E-state index is 5.99. The highest BCUT2D eigenvalue weighted by Crippen LogP contribution is 2.23. The van der Waals surface area contributed by atoms with E-state index in [9.17, 15) is 0 Å². The van der Waals surface area contributed by atoms with Crippen LogP contribution in [0.15, 0.2) is 47.5 Å². The number of halogens is 1. The molecule has 1 unspecified atom stereocenters. The maximum Gasteiger partial charge on any atom is 0.0489 e. The molecule has 2 heterocycles. The average Bonchev–Trinajstić information content (AvgIpc) is 2.48. The molecule has 5 heteroatoms. The molecule has 2 N–H and O–H groups in total. The first-order valence-electron chi connectivity index (χ1n) is 6.68. The van der Waals surface area contributed by atoms with Gasteiger partial charge in [-0.3, -0.25) is 14.9 Å². The van der Waals surface area contributed by atoms with Gasteiger partial charge in [0, 0.05) is 48.4 Å².